The van der Waals surface area contributed by atoms with Gasteiger partial charge in [0.2, 0.25) is 0 Å². The third-order valence-electron chi connectivity index (χ3n) is 7.30. The lowest BCUT2D eigenvalue weighted by atomic mass is 9.95. The molecule has 0 bridgehead atoms. The van der Waals surface area contributed by atoms with Crippen molar-refractivity contribution < 1.29 is 27.4 Å². The lowest BCUT2D eigenvalue weighted by Crippen LogP contribution is -2.41. The van der Waals surface area contributed by atoms with Crippen LogP contribution in [0.3, 0.4) is 0 Å². The Morgan fingerprint density at radius 3 is 2.46 bits per heavy atom. The highest BCUT2D eigenvalue weighted by molar-refractivity contribution is 7.07. The smallest absolute Gasteiger partial charge is 0.434 e. The molecule has 0 N–H and O–H groups in total. The molecule has 1 aromatic heterocycles. The average Bonchev–Trinajstić information content (AvgIpc) is 3.34. The zero-order valence-electron chi connectivity index (χ0n) is 24.0. The molecule has 4 aromatic carbocycles. The number of halogens is 5. The minimum absolute atomic E-state index is 0.0571. The predicted octanol–water partition coefficient (Wildman–Crippen LogP) is 7.38. The van der Waals surface area contributed by atoms with Crippen molar-refractivity contribution in [1.29, 1.82) is 0 Å². The van der Waals surface area contributed by atoms with Crippen LogP contribution in [0.4, 0.5) is 13.2 Å². The summed E-state index contributed by atoms with van der Waals surface area (Å²) in [4.78, 5) is 30.6. The SMILES string of the molecule is CCOC(=O)C1=C(C(F)(F)F)N=c2s/c(=C\c3cc(Cl)ccc3OCc3cccc4ccccc34)c(=O)n2[C@H]1c1ccc(Cl)cc1. The molecule has 0 amide bonds. The Labute approximate surface area is 274 Å². The van der Waals surface area contributed by atoms with Gasteiger partial charge in [-0.15, -0.1) is 0 Å². The van der Waals surface area contributed by atoms with Gasteiger partial charge in [0.15, 0.2) is 10.5 Å². The second-order valence-electron chi connectivity index (χ2n) is 10.2. The predicted molar refractivity (Wildman–Crippen MR) is 172 cm³/mol. The number of carbonyl (C=O) groups is 1. The van der Waals surface area contributed by atoms with Crippen LogP contribution in [0.1, 0.15) is 29.7 Å². The van der Waals surface area contributed by atoms with Gasteiger partial charge in [-0.2, -0.15) is 13.2 Å². The standard InChI is InChI=1S/C34H23Cl2F3N2O4S/c1-2-44-32(43)28-29(20-10-12-23(35)13-11-20)41-31(42)27(46-33(41)40-30(28)34(37,38)39)17-22-16-24(36)14-15-26(22)45-18-21-8-5-7-19-6-3-4-9-25(19)21/h3-17,29H,2,18H2,1H3/b27-17-/t29-/m0/s1. The number of esters is 1. The number of alkyl halides is 3. The second kappa shape index (κ2) is 12.8. The van der Waals surface area contributed by atoms with Crippen LogP contribution in [0.2, 0.25) is 10.0 Å². The van der Waals surface area contributed by atoms with Crippen LogP contribution in [-0.2, 0) is 16.1 Å². The number of nitrogens with zero attached hydrogens (tertiary/aromatic N) is 2. The zero-order valence-corrected chi connectivity index (χ0v) is 26.3. The molecule has 1 atom stereocenters. The van der Waals surface area contributed by atoms with E-state index >= 15 is 0 Å². The lowest BCUT2D eigenvalue weighted by Gasteiger charge is -2.26. The molecule has 0 radical (unpaired) electrons. The molecule has 6 nitrogen and oxygen atoms in total. The van der Waals surface area contributed by atoms with Crippen molar-refractivity contribution in [3.63, 3.8) is 0 Å². The number of aromatic nitrogens is 1. The molecule has 0 saturated heterocycles. The minimum atomic E-state index is -5.02. The normalized spacial score (nSPS) is 15.1. The number of thiazole rings is 1. The molecule has 0 spiro atoms. The molecule has 46 heavy (non-hydrogen) atoms. The first-order valence-electron chi connectivity index (χ1n) is 14.0. The summed E-state index contributed by atoms with van der Waals surface area (Å²) < 4.78 is 55.6. The number of benzene rings is 4. The Balaban J connectivity index is 1.49. The van der Waals surface area contributed by atoms with Gasteiger partial charge >= 0.3 is 12.1 Å². The van der Waals surface area contributed by atoms with Crippen LogP contribution < -0.4 is 19.6 Å². The van der Waals surface area contributed by atoms with Gasteiger partial charge in [-0.3, -0.25) is 9.36 Å². The minimum Gasteiger partial charge on any atom is -0.488 e. The monoisotopic (exact) mass is 682 g/mol. The molecule has 0 saturated carbocycles. The van der Waals surface area contributed by atoms with E-state index in [-0.39, 0.29) is 28.1 Å². The number of ether oxygens (including phenoxy) is 2. The highest BCUT2D eigenvalue weighted by Crippen LogP contribution is 2.38. The van der Waals surface area contributed by atoms with Crippen LogP contribution >= 0.6 is 34.5 Å². The third-order valence-corrected chi connectivity index (χ3v) is 8.77. The van der Waals surface area contributed by atoms with Crippen LogP contribution in [0.25, 0.3) is 16.8 Å². The first kappa shape index (κ1) is 31.6. The average molecular weight is 684 g/mol. The van der Waals surface area contributed by atoms with Crippen molar-refractivity contribution >= 4 is 57.4 Å². The van der Waals surface area contributed by atoms with Gasteiger partial charge in [-0.25, -0.2) is 9.79 Å². The van der Waals surface area contributed by atoms with Crippen molar-refractivity contribution in [2.75, 3.05) is 6.61 Å². The van der Waals surface area contributed by atoms with Gasteiger partial charge < -0.3 is 9.47 Å². The van der Waals surface area contributed by atoms with Crippen LogP contribution in [0, 0.1) is 0 Å². The van der Waals surface area contributed by atoms with Crippen molar-refractivity contribution in [3.8, 4) is 5.75 Å². The summed E-state index contributed by atoms with van der Waals surface area (Å²) in [5.41, 5.74) is -1.29. The number of hydrogen-bond donors (Lipinski definition) is 0. The van der Waals surface area contributed by atoms with Crippen molar-refractivity contribution in [3.05, 3.63) is 143 Å². The molecule has 12 heteroatoms. The molecule has 1 aliphatic rings. The van der Waals surface area contributed by atoms with Gasteiger partial charge in [-0.1, -0.05) is 89.1 Å². The van der Waals surface area contributed by atoms with Crippen molar-refractivity contribution in [2.45, 2.75) is 25.7 Å². The molecule has 2 heterocycles. The van der Waals surface area contributed by atoms with E-state index in [1.165, 1.54) is 37.3 Å². The Morgan fingerprint density at radius 2 is 1.72 bits per heavy atom. The number of rotatable bonds is 7. The number of fused-ring (bicyclic) bond motifs is 2. The van der Waals surface area contributed by atoms with E-state index < -0.39 is 35.0 Å². The van der Waals surface area contributed by atoms with E-state index in [1.54, 1.807) is 18.2 Å². The first-order valence-corrected chi connectivity index (χ1v) is 15.6. The summed E-state index contributed by atoms with van der Waals surface area (Å²) in [5.74, 6) is -0.826. The summed E-state index contributed by atoms with van der Waals surface area (Å²) in [5, 5.41) is 2.76. The van der Waals surface area contributed by atoms with E-state index in [0.29, 0.717) is 21.4 Å². The van der Waals surface area contributed by atoms with Crippen LogP contribution in [0.5, 0.6) is 5.75 Å². The largest absolute Gasteiger partial charge is 0.488 e. The molecule has 6 rings (SSSR count). The molecular formula is C34H23Cl2F3N2O4S. The highest BCUT2D eigenvalue weighted by Gasteiger charge is 2.45. The van der Waals surface area contributed by atoms with E-state index in [0.717, 1.165) is 32.2 Å². The Kier molecular flexibility index (Phi) is 8.78. The molecule has 1 aliphatic heterocycles. The molecule has 0 fully saturated rings. The lowest BCUT2D eigenvalue weighted by molar-refractivity contribution is -0.140. The van der Waals surface area contributed by atoms with E-state index in [1.807, 2.05) is 42.5 Å². The second-order valence-corrected chi connectivity index (χ2v) is 12.1. The maximum Gasteiger partial charge on any atom is 0.434 e. The Bertz CT molecular complexity index is 2190. The van der Waals surface area contributed by atoms with Crippen molar-refractivity contribution in [2.24, 2.45) is 4.99 Å². The fourth-order valence-corrected chi connectivity index (χ4v) is 6.58. The third kappa shape index (κ3) is 6.20. The molecule has 5 aromatic rings. The number of allylic oxidation sites excluding steroid dienone is 1. The molecule has 0 aliphatic carbocycles. The summed E-state index contributed by atoms with van der Waals surface area (Å²) in [6.45, 7) is 1.50. The van der Waals surface area contributed by atoms with Gasteiger partial charge in [0, 0.05) is 15.6 Å². The molecule has 0 unspecified atom stereocenters. The van der Waals surface area contributed by atoms with Crippen molar-refractivity contribution in [1.82, 2.24) is 4.57 Å². The fourth-order valence-electron chi connectivity index (χ4n) is 5.28. The van der Waals surface area contributed by atoms with Gasteiger partial charge in [0.05, 0.1) is 22.8 Å². The summed E-state index contributed by atoms with van der Waals surface area (Å²) in [6, 6.07) is 23.0. The Hall–Kier alpha value is -4.38. The fraction of sp³-hybridized carbons (Fsp3) is 0.147. The maximum atomic E-state index is 14.4. The maximum absolute atomic E-state index is 14.4. The van der Waals surface area contributed by atoms with E-state index in [4.69, 9.17) is 32.7 Å². The van der Waals surface area contributed by atoms with Gasteiger partial charge in [-0.05, 0) is 65.2 Å². The highest BCUT2D eigenvalue weighted by atomic mass is 35.5. The number of hydrogen-bond acceptors (Lipinski definition) is 6. The summed E-state index contributed by atoms with van der Waals surface area (Å²) in [7, 11) is 0. The Morgan fingerprint density at radius 1 is 1.00 bits per heavy atom. The van der Waals surface area contributed by atoms with E-state index in [9.17, 15) is 22.8 Å². The molecular weight excluding hydrogens is 660 g/mol. The van der Waals surface area contributed by atoms with Gasteiger partial charge in [0.1, 0.15) is 12.4 Å². The van der Waals surface area contributed by atoms with E-state index in [2.05, 4.69) is 4.99 Å². The summed E-state index contributed by atoms with van der Waals surface area (Å²) in [6.07, 6.45) is -3.52. The molecule has 234 valence electrons. The number of carbonyl (C=O) groups excluding carboxylic acids is 1. The zero-order chi connectivity index (χ0) is 32.6. The van der Waals surface area contributed by atoms with Crippen LogP contribution in [-0.4, -0.2) is 23.3 Å². The van der Waals surface area contributed by atoms with Crippen LogP contribution in [0.15, 0.2) is 106 Å². The summed E-state index contributed by atoms with van der Waals surface area (Å²) >= 11 is 13.1. The van der Waals surface area contributed by atoms with Gasteiger partial charge in [0.25, 0.3) is 5.56 Å². The quantitative estimate of drug-likeness (QED) is 0.168. The first-order chi connectivity index (χ1) is 22.0. The topological polar surface area (TPSA) is 69.9 Å².